The fraction of sp³-hybridized carbons (Fsp3) is 0.409. The van der Waals surface area contributed by atoms with Gasteiger partial charge in [0.05, 0.1) is 12.2 Å². The maximum Gasteiger partial charge on any atom is 0.241 e. The fourth-order valence-corrected chi connectivity index (χ4v) is 4.73. The molecule has 1 amide bonds. The summed E-state index contributed by atoms with van der Waals surface area (Å²) in [5.74, 6) is 1.72. The molecule has 0 aliphatic carbocycles. The van der Waals surface area contributed by atoms with Crippen molar-refractivity contribution >= 4 is 23.4 Å². The van der Waals surface area contributed by atoms with Gasteiger partial charge in [0, 0.05) is 23.2 Å². The molecule has 1 unspecified atom stereocenters. The Kier molecular flexibility index (Phi) is 5.78. The van der Waals surface area contributed by atoms with E-state index in [1.165, 1.54) is 4.90 Å². The van der Waals surface area contributed by atoms with Gasteiger partial charge in [-0.2, -0.15) is 0 Å². The number of ether oxygens (including phenoxy) is 2. The van der Waals surface area contributed by atoms with Crippen LogP contribution < -0.4 is 14.4 Å². The lowest BCUT2D eigenvalue weighted by molar-refractivity contribution is -0.119. The van der Waals surface area contributed by atoms with Crippen LogP contribution >= 0.6 is 11.8 Å². The largest absolute Gasteiger partial charge is 0.486 e. The molecule has 2 aromatic rings. The Morgan fingerprint density at radius 1 is 1.18 bits per heavy atom. The highest BCUT2D eigenvalue weighted by Crippen LogP contribution is 2.37. The van der Waals surface area contributed by atoms with Gasteiger partial charge < -0.3 is 14.4 Å². The molecule has 2 heterocycles. The average molecular weight is 399 g/mol. The standard InChI is InChI=1S/C22H26N2O3S/c1-16-9-10-24(18-5-3-4-6-21(18)28-16)22(25)15-23(2)14-17-7-8-19-20(13-17)27-12-11-26-19/h3-8,13,16H,9-12,14-15H2,1-2H3. The molecular formula is C22H26N2O3S. The van der Waals surface area contributed by atoms with Gasteiger partial charge in [0.25, 0.3) is 0 Å². The van der Waals surface area contributed by atoms with Crippen LogP contribution in [0.1, 0.15) is 18.9 Å². The minimum atomic E-state index is 0.141. The first-order valence-electron chi connectivity index (χ1n) is 9.73. The van der Waals surface area contributed by atoms with Gasteiger partial charge in [-0.25, -0.2) is 0 Å². The van der Waals surface area contributed by atoms with Crippen LogP contribution in [0.4, 0.5) is 5.69 Å². The van der Waals surface area contributed by atoms with E-state index in [1.807, 2.05) is 54.0 Å². The molecule has 1 atom stereocenters. The number of fused-ring (bicyclic) bond motifs is 2. The van der Waals surface area contributed by atoms with Crippen LogP contribution in [0.15, 0.2) is 47.4 Å². The Balaban J connectivity index is 1.43. The monoisotopic (exact) mass is 398 g/mol. The first-order chi connectivity index (χ1) is 13.6. The number of nitrogens with zero attached hydrogens (tertiary/aromatic N) is 2. The molecule has 2 aromatic carbocycles. The lowest BCUT2D eigenvalue weighted by Crippen LogP contribution is -2.39. The number of anilines is 1. The molecule has 0 radical (unpaired) electrons. The Hall–Kier alpha value is -2.18. The molecule has 2 aliphatic heterocycles. The molecule has 28 heavy (non-hydrogen) atoms. The molecule has 0 N–H and O–H groups in total. The van der Waals surface area contributed by atoms with Crippen LogP contribution in [0.3, 0.4) is 0 Å². The molecule has 5 nitrogen and oxygen atoms in total. The number of carbonyl (C=O) groups is 1. The lowest BCUT2D eigenvalue weighted by atomic mass is 10.2. The minimum Gasteiger partial charge on any atom is -0.486 e. The topological polar surface area (TPSA) is 42.0 Å². The van der Waals surface area contributed by atoms with Crippen molar-refractivity contribution in [2.24, 2.45) is 0 Å². The highest BCUT2D eigenvalue weighted by Gasteiger charge is 2.24. The zero-order valence-corrected chi connectivity index (χ0v) is 17.2. The molecule has 0 spiro atoms. The van der Waals surface area contributed by atoms with Gasteiger partial charge in [-0.3, -0.25) is 9.69 Å². The molecular weight excluding hydrogens is 372 g/mol. The zero-order chi connectivity index (χ0) is 19.5. The van der Waals surface area contributed by atoms with Gasteiger partial charge in [-0.15, -0.1) is 11.8 Å². The number of rotatable bonds is 4. The first-order valence-corrected chi connectivity index (χ1v) is 10.6. The van der Waals surface area contributed by atoms with Crippen molar-refractivity contribution in [2.45, 2.75) is 30.0 Å². The van der Waals surface area contributed by atoms with E-state index in [-0.39, 0.29) is 5.91 Å². The summed E-state index contributed by atoms with van der Waals surface area (Å²) in [6.45, 7) is 5.22. The number of hydrogen-bond donors (Lipinski definition) is 0. The molecule has 4 rings (SSSR count). The second-order valence-electron chi connectivity index (χ2n) is 7.38. The van der Waals surface area contributed by atoms with Gasteiger partial charge in [0.15, 0.2) is 11.5 Å². The van der Waals surface area contributed by atoms with Crippen molar-refractivity contribution in [1.82, 2.24) is 4.90 Å². The highest BCUT2D eigenvalue weighted by molar-refractivity contribution is 8.00. The third kappa shape index (κ3) is 4.28. The van der Waals surface area contributed by atoms with Crippen LogP contribution in [-0.4, -0.2) is 49.4 Å². The fourth-order valence-electron chi connectivity index (χ4n) is 3.62. The number of thioether (sulfide) groups is 1. The summed E-state index contributed by atoms with van der Waals surface area (Å²) in [5, 5.41) is 0.509. The molecule has 0 saturated heterocycles. The summed E-state index contributed by atoms with van der Waals surface area (Å²) in [4.78, 5) is 18.3. The summed E-state index contributed by atoms with van der Waals surface area (Å²) in [7, 11) is 1.98. The van der Waals surface area contributed by atoms with Gasteiger partial charge >= 0.3 is 0 Å². The Labute approximate surface area is 170 Å². The third-order valence-corrected chi connectivity index (χ3v) is 6.25. The Bertz CT molecular complexity index is 857. The molecule has 6 heteroatoms. The Morgan fingerprint density at radius 2 is 1.96 bits per heavy atom. The van der Waals surface area contributed by atoms with Crippen molar-refractivity contribution in [2.75, 3.05) is 38.3 Å². The molecule has 0 fully saturated rings. The summed E-state index contributed by atoms with van der Waals surface area (Å²) >= 11 is 1.86. The van der Waals surface area contributed by atoms with Gasteiger partial charge in [0.2, 0.25) is 5.91 Å². The lowest BCUT2D eigenvalue weighted by Gasteiger charge is -2.26. The first kappa shape index (κ1) is 19.2. The number of likely N-dealkylation sites (N-methyl/N-ethyl adjacent to an activating group) is 1. The van der Waals surface area contributed by atoms with Crippen molar-refractivity contribution < 1.29 is 14.3 Å². The number of carbonyl (C=O) groups excluding carboxylic acids is 1. The smallest absolute Gasteiger partial charge is 0.241 e. The molecule has 0 bridgehead atoms. The summed E-state index contributed by atoms with van der Waals surface area (Å²) < 4.78 is 11.2. The predicted octanol–water partition coefficient (Wildman–Crippen LogP) is 3.81. The van der Waals surface area contributed by atoms with E-state index < -0.39 is 0 Å². The van der Waals surface area contributed by atoms with E-state index in [0.29, 0.717) is 31.6 Å². The van der Waals surface area contributed by atoms with Crippen LogP contribution in [0.2, 0.25) is 0 Å². The summed E-state index contributed by atoms with van der Waals surface area (Å²) in [6, 6.07) is 14.2. The highest BCUT2D eigenvalue weighted by atomic mass is 32.2. The van der Waals surface area contributed by atoms with E-state index in [1.54, 1.807) is 0 Å². The van der Waals surface area contributed by atoms with Gasteiger partial charge in [-0.05, 0) is 43.3 Å². The van der Waals surface area contributed by atoms with Crippen LogP contribution in [0.5, 0.6) is 11.5 Å². The summed E-state index contributed by atoms with van der Waals surface area (Å²) in [5.41, 5.74) is 2.15. The van der Waals surface area contributed by atoms with Crippen molar-refractivity contribution in [3.05, 3.63) is 48.0 Å². The second kappa shape index (κ2) is 8.45. The van der Waals surface area contributed by atoms with Crippen LogP contribution in [0, 0.1) is 0 Å². The number of hydrogen-bond acceptors (Lipinski definition) is 5. The SMILES string of the molecule is CC1CCN(C(=O)CN(C)Cc2ccc3c(c2)OCCO3)c2ccccc2S1. The minimum absolute atomic E-state index is 0.141. The van der Waals surface area contributed by atoms with E-state index in [9.17, 15) is 4.79 Å². The molecule has 0 saturated carbocycles. The molecule has 2 aliphatic rings. The number of amides is 1. The number of para-hydroxylation sites is 1. The molecule has 148 valence electrons. The summed E-state index contributed by atoms with van der Waals surface area (Å²) in [6.07, 6.45) is 0.997. The van der Waals surface area contributed by atoms with E-state index in [4.69, 9.17) is 9.47 Å². The van der Waals surface area contributed by atoms with Crippen molar-refractivity contribution in [3.63, 3.8) is 0 Å². The second-order valence-corrected chi connectivity index (χ2v) is 8.86. The van der Waals surface area contributed by atoms with E-state index in [2.05, 4.69) is 24.0 Å². The van der Waals surface area contributed by atoms with Crippen LogP contribution in [0.25, 0.3) is 0 Å². The molecule has 0 aromatic heterocycles. The van der Waals surface area contributed by atoms with E-state index in [0.717, 1.165) is 35.7 Å². The quantitative estimate of drug-likeness (QED) is 0.784. The third-order valence-electron chi connectivity index (χ3n) is 5.01. The average Bonchev–Trinajstić information content (AvgIpc) is 2.86. The maximum atomic E-state index is 13.1. The number of benzene rings is 2. The maximum absolute atomic E-state index is 13.1. The van der Waals surface area contributed by atoms with Crippen molar-refractivity contribution in [1.29, 1.82) is 0 Å². The Morgan fingerprint density at radius 3 is 2.82 bits per heavy atom. The zero-order valence-electron chi connectivity index (χ0n) is 16.4. The normalized spacial score (nSPS) is 18.5. The van der Waals surface area contributed by atoms with Gasteiger partial charge in [-0.1, -0.05) is 25.1 Å². The van der Waals surface area contributed by atoms with Crippen molar-refractivity contribution in [3.8, 4) is 11.5 Å². The van der Waals surface area contributed by atoms with E-state index >= 15 is 0 Å². The van der Waals surface area contributed by atoms with Gasteiger partial charge in [0.1, 0.15) is 13.2 Å². The predicted molar refractivity (Wildman–Crippen MR) is 112 cm³/mol. The van der Waals surface area contributed by atoms with Crippen LogP contribution in [-0.2, 0) is 11.3 Å².